The number of hydrogen-bond acceptors (Lipinski definition) is 3. The highest BCUT2D eigenvalue weighted by Crippen LogP contribution is 2.25. The van der Waals surface area contributed by atoms with E-state index in [1.807, 2.05) is 23.9 Å². The molecule has 1 atom stereocenters. The highest BCUT2D eigenvalue weighted by atomic mass is 79.9. The third-order valence-electron chi connectivity index (χ3n) is 2.71. The van der Waals surface area contributed by atoms with E-state index in [4.69, 9.17) is 0 Å². The molecule has 0 aliphatic carbocycles. The molecule has 0 spiro atoms. The van der Waals surface area contributed by atoms with Crippen molar-refractivity contribution in [3.63, 3.8) is 0 Å². The minimum Gasteiger partial charge on any atom is -0.351 e. The fourth-order valence-electron chi connectivity index (χ4n) is 1.79. The average molecular weight is 332 g/mol. The van der Waals surface area contributed by atoms with Crippen LogP contribution in [0.1, 0.15) is 23.2 Å². The van der Waals surface area contributed by atoms with E-state index in [1.54, 1.807) is 6.07 Å². The molecular weight excluding hydrogens is 318 g/mol. The summed E-state index contributed by atoms with van der Waals surface area (Å²) in [6.45, 7) is 0.757. The molecule has 0 aromatic heterocycles. The van der Waals surface area contributed by atoms with Crippen molar-refractivity contribution in [1.82, 2.24) is 5.32 Å². The van der Waals surface area contributed by atoms with Gasteiger partial charge in [0.1, 0.15) is 0 Å². The Hall–Kier alpha value is -0.130. The first-order valence-corrected chi connectivity index (χ1v) is 7.84. The Morgan fingerprint density at radius 1 is 1.59 bits per heavy atom. The van der Waals surface area contributed by atoms with Gasteiger partial charge in [-0.3, -0.25) is 4.79 Å². The molecular formula is C12H14BrNOS2. The second-order valence-electron chi connectivity index (χ2n) is 4.01. The molecule has 1 amide bonds. The number of halogens is 1. The predicted molar refractivity (Wildman–Crippen MR) is 79.2 cm³/mol. The van der Waals surface area contributed by atoms with Gasteiger partial charge in [-0.1, -0.05) is 0 Å². The van der Waals surface area contributed by atoms with Crippen molar-refractivity contribution in [2.75, 3.05) is 12.3 Å². The Kier molecular flexibility index (Phi) is 4.82. The van der Waals surface area contributed by atoms with Crippen molar-refractivity contribution in [1.29, 1.82) is 0 Å². The summed E-state index contributed by atoms with van der Waals surface area (Å²) in [7, 11) is 0. The van der Waals surface area contributed by atoms with Gasteiger partial charge in [-0.05, 0) is 52.7 Å². The first-order chi connectivity index (χ1) is 8.16. The summed E-state index contributed by atoms with van der Waals surface area (Å²) in [5, 5.41) is 3.57. The molecule has 2 rings (SSSR count). The third-order valence-corrected chi connectivity index (χ3v) is 5.08. The van der Waals surface area contributed by atoms with Crippen molar-refractivity contribution in [2.24, 2.45) is 0 Å². The summed E-state index contributed by atoms with van der Waals surface area (Å²) in [5.41, 5.74) is 0.653. The third kappa shape index (κ3) is 3.66. The van der Waals surface area contributed by atoms with Crippen molar-refractivity contribution < 1.29 is 4.79 Å². The van der Waals surface area contributed by atoms with Crippen LogP contribution in [0.5, 0.6) is 0 Å². The smallest absolute Gasteiger partial charge is 0.252 e. The van der Waals surface area contributed by atoms with Crippen LogP contribution in [0.25, 0.3) is 0 Å². The Balaban J connectivity index is 1.96. The van der Waals surface area contributed by atoms with Crippen LogP contribution in [0.4, 0.5) is 0 Å². The number of nitrogens with one attached hydrogen (secondary N) is 1. The number of thiol groups is 1. The monoisotopic (exact) mass is 331 g/mol. The van der Waals surface area contributed by atoms with Crippen molar-refractivity contribution in [2.45, 2.75) is 23.0 Å². The molecule has 17 heavy (non-hydrogen) atoms. The van der Waals surface area contributed by atoms with Crippen molar-refractivity contribution in [3.05, 3.63) is 28.2 Å². The van der Waals surface area contributed by atoms with Crippen LogP contribution in [0, 0.1) is 0 Å². The maximum absolute atomic E-state index is 12.0. The van der Waals surface area contributed by atoms with Crippen LogP contribution < -0.4 is 5.32 Å². The van der Waals surface area contributed by atoms with Gasteiger partial charge >= 0.3 is 0 Å². The SMILES string of the molecule is O=C(NCC1CCCS1)c1cc(S)ccc1Br. The molecule has 1 N–H and O–H groups in total. The molecule has 2 nitrogen and oxygen atoms in total. The number of hydrogen-bond donors (Lipinski definition) is 2. The number of amides is 1. The van der Waals surface area contributed by atoms with E-state index in [0.29, 0.717) is 10.8 Å². The quantitative estimate of drug-likeness (QED) is 0.831. The van der Waals surface area contributed by atoms with Gasteiger partial charge in [0.25, 0.3) is 5.91 Å². The summed E-state index contributed by atoms with van der Waals surface area (Å²) >= 11 is 9.58. The van der Waals surface area contributed by atoms with Crippen LogP contribution in [0.3, 0.4) is 0 Å². The molecule has 1 aliphatic heterocycles. The Bertz CT molecular complexity index is 419. The molecule has 1 unspecified atom stereocenters. The molecule has 0 saturated carbocycles. The highest BCUT2D eigenvalue weighted by molar-refractivity contribution is 9.10. The van der Waals surface area contributed by atoms with Crippen LogP contribution >= 0.6 is 40.3 Å². The zero-order chi connectivity index (χ0) is 12.3. The minimum absolute atomic E-state index is 0.0275. The summed E-state index contributed by atoms with van der Waals surface area (Å²) in [6, 6.07) is 5.49. The fraction of sp³-hybridized carbons (Fsp3) is 0.417. The van der Waals surface area contributed by atoms with Gasteiger partial charge in [0.05, 0.1) is 5.56 Å². The van der Waals surface area contributed by atoms with Gasteiger partial charge in [-0.2, -0.15) is 11.8 Å². The number of thioether (sulfide) groups is 1. The normalized spacial score (nSPS) is 19.3. The van der Waals surface area contributed by atoms with Gasteiger partial charge in [0.2, 0.25) is 0 Å². The first kappa shape index (κ1) is 13.3. The zero-order valence-corrected chi connectivity index (χ0v) is 12.6. The van der Waals surface area contributed by atoms with E-state index >= 15 is 0 Å². The molecule has 92 valence electrons. The minimum atomic E-state index is -0.0275. The van der Waals surface area contributed by atoms with E-state index in [-0.39, 0.29) is 5.91 Å². The topological polar surface area (TPSA) is 29.1 Å². The van der Waals surface area contributed by atoms with Crippen molar-refractivity contribution in [3.8, 4) is 0 Å². The van der Waals surface area contributed by atoms with E-state index in [2.05, 4.69) is 33.9 Å². The standard InChI is InChI=1S/C12H14BrNOS2/c13-11-4-3-8(16)6-10(11)12(15)14-7-9-2-1-5-17-9/h3-4,6,9,16H,1-2,5,7H2,(H,14,15). The van der Waals surface area contributed by atoms with Crippen LogP contribution in [-0.2, 0) is 0 Å². The lowest BCUT2D eigenvalue weighted by molar-refractivity contribution is 0.0952. The Morgan fingerprint density at radius 2 is 2.41 bits per heavy atom. The largest absolute Gasteiger partial charge is 0.351 e. The number of carbonyl (C=O) groups is 1. The second-order valence-corrected chi connectivity index (χ2v) is 6.79. The fourth-order valence-corrected chi connectivity index (χ4v) is 3.63. The molecule has 0 radical (unpaired) electrons. The lowest BCUT2D eigenvalue weighted by Gasteiger charge is -2.11. The van der Waals surface area contributed by atoms with Gasteiger partial charge in [-0.15, -0.1) is 12.6 Å². The summed E-state index contributed by atoms with van der Waals surface area (Å²) in [6.07, 6.45) is 2.47. The lowest BCUT2D eigenvalue weighted by Crippen LogP contribution is -2.29. The van der Waals surface area contributed by atoms with E-state index in [1.165, 1.54) is 18.6 Å². The molecule has 5 heteroatoms. The lowest BCUT2D eigenvalue weighted by atomic mass is 10.2. The molecule has 1 saturated heterocycles. The second kappa shape index (κ2) is 6.16. The van der Waals surface area contributed by atoms with Crippen molar-refractivity contribution >= 4 is 46.2 Å². The van der Waals surface area contributed by atoms with Crippen LogP contribution in [-0.4, -0.2) is 23.5 Å². The highest BCUT2D eigenvalue weighted by Gasteiger charge is 2.17. The molecule has 1 aromatic rings. The molecule has 1 fully saturated rings. The average Bonchev–Trinajstić information content (AvgIpc) is 2.82. The van der Waals surface area contributed by atoms with Gasteiger partial charge in [0.15, 0.2) is 0 Å². The van der Waals surface area contributed by atoms with E-state index in [0.717, 1.165) is 15.9 Å². The zero-order valence-electron chi connectivity index (χ0n) is 9.28. The summed E-state index contributed by atoms with van der Waals surface area (Å²) in [4.78, 5) is 12.8. The van der Waals surface area contributed by atoms with Gasteiger partial charge < -0.3 is 5.32 Å². The molecule has 1 aliphatic rings. The maximum Gasteiger partial charge on any atom is 0.252 e. The first-order valence-electron chi connectivity index (χ1n) is 5.55. The Morgan fingerprint density at radius 3 is 3.12 bits per heavy atom. The summed E-state index contributed by atoms with van der Waals surface area (Å²) < 4.78 is 0.812. The molecule has 1 aromatic carbocycles. The van der Waals surface area contributed by atoms with Crippen LogP contribution in [0.2, 0.25) is 0 Å². The van der Waals surface area contributed by atoms with E-state index in [9.17, 15) is 4.79 Å². The van der Waals surface area contributed by atoms with Gasteiger partial charge in [0, 0.05) is 21.2 Å². The number of rotatable bonds is 3. The Labute approximate surface area is 119 Å². The molecule has 0 bridgehead atoms. The number of benzene rings is 1. The van der Waals surface area contributed by atoms with Crippen LogP contribution in [0.15, 0.2) is 27.6 Å². The number of carbonyl (C=O) groups excluding carboxylic acids is 1. The maximum atomic E-state index is 12.0. The summed E-state index contributed by atoms with van der Waals surface area (Å²) in [5.74, 6) is 1.19. The van der Waals surface area contributed by atoms with E-state index < -0.39 is 0 Å². The predicted octanol–water partition coefficient (Wildman–Crippen LogP) is 3.36. The van der Waals surface area contributed by atoms with Gasteiger partial charge in [-0.25, -0.2) is 0 Å². The molecule has 1 heterocycles.